The summed E-state index contributed by atoms with van der Waals surface area (Å²) in [6.07, 6.45) is 3.97. The monoisotopic (exact) mass is 432 g/mol. The van der Waals surface area contributed by atoms with Gasteiger partial charge in [-0.25, -0.2) is 0 Å². The Balaban J connectivity index is 2.18. The summed E-state index contributed by atoms with van der Waals surface area (Å²) in [7, 11) is 3.67. The van der Waals surface area contributed by atoms with Crippen LogP contribution in [0.3, 0.4) is 0 Å². The summed E-state index contributed by atoms with van der Waals surface area (Å²) < 4.78 is 11.4. The molecule has 174 valence electrons. The lowest BCUT2D eigenvalue weighted by atomic mass is 9.85. The van der Waals surface area contributed by atoms with Crippen molar-refractivity contribution in [2.45, 2.75) is 59.4 Å². The van der Waals surface area contributed by atoms with E-state index >= 15 is 0 Å². The molecular formula is C24H40N4O3. The van der Waals surface area contributed by atoms with E-state index in [2.05, 4.69) is 17.6 Å². The van der Waals surface area contributed by atoms with Crippen LogP contribution in [0.2, 0.25) is 0 Å². The van der Waals surface area contributed by atoms with Gasteiger partial charge in [0.25, 0.3) is 0 Å². The largest absolute Gasteiger partial charge is 0.490 e. The summed E-state index contributed by atoms with van der Waals surface area (Å²) in [5.41, 5.74) is 0.702. The van der Waals surface area contributed by atoms with E-state index in [1.807, 2.05) is 53.1 Å². The van der Waals surface area contributed by atoms with Crippen molar-refractivity contribution in [1.29, 1.82) is 0 Å². The molecule has 2 rings (SSSR count). The molecular weight excluding hydrogens is 392 g/mol. The van der Waals surface area contributed by atoms with Gasteiger partial charge in [-0.05, 0) is 58.2 Å². The number of ether oxygens (including phenoxy) is 2. The molecule has 0 aliphatic heterocycles. The first-order chi connectivity index (χ1) is 14.9. The topological polar surface area (TPSA) is 75.2 Å². The van der Waals surface area contributed by atoms with E-state index in [1.165, 1.54) is 0 Å². The number of guanidine groups is 1. The molecule has 1 unspecified atom stereocenters. The Kier molecular flexibility index (Phi) is 9.46. The van der Waals surface area contributed by atoms with E-state index in [-0.39, 0.29) is 17.4 Å². The molecule has 1 amide bonds. The molecule has 31 heavy (non-hydrogen) atoms. The first-order valence-corrected chi connectivity index (χ1v) is 11.5. The predicted molar refractivity (Wildman–Crippen MR) is 126 cm³/mol. The molecule has 2 N–H and O–H groups in total. The van der Waals surface area contributed by atoms with Crippen LogP contribution in [0.4, 0.5) is 0 Å². The van der Waals surface area contributed by atoms with Crippen molar-refractivity contribution in [3.05, 3.63) is 23.8 Å². The van der Waals surface area contributed by atoms with Gasteiger partial charge in [0.15, 0.2) is 17.5 Å². The highest BCUT2D eigenvalue weighted by Crippen LogP contribution is 2.39. The molecule has 7 heteroatoms. The number of hydrogen-bond acceptors (Lipinski definition) is 4. The van der Waals surface area contributed by atoms with Gasteiger partial charge in [-0.15, -0.1) is 0 Å². The molecule has 0 spiro atoms. The fourth-order valence-electron chi connectivity index (χ4n) is 4.14. The zero-order valence-corrected chi connectivity index (χ0v) is 20.1. The maximum atomic E-state index is 12.9. The van der Waals surface area contributed by atoms with Gasteiger partial charge in [-0.1, -0.05) is 18.9 Å². The van der Waals surface area contributed by atoms with Crippen LogP contribution in [0.15, 0.2) is 23.2 Å². The number of nitrogens with zero attached hydrogens (tertiary/aromatic N) is 2. The lowest BCUT2D eigenvalue weighted by Gasteiger charge is -2.29. The molecule has 1 fully saturated rings. The van der Waals surface area contributed by atoms with Gasteiger partial charge >= 0.3 is 0 Å². The van der Waals surface area contributed by atoms with Crippen molar-refractivity contribution in [3.63, 3.8) is 0 Å². The van der Waals surface area contributed by atoms with Crippen LogP contribution in [0.25, 0.3) is 0 Å². The summed E-state index contributed by atoms with van der Waals surface area (Å²) in [5, 5.41) is 6.80. The maximum Gasteiger partial charge on any atom is 0.230 e. The summed E-state index contributed by atoms with van der Waals surface area (Å²) in [4.78, 5) is 19.4. The van der Waals surface area contributed by atoms with E-state index in [4.69, 9.17) is 14.5 Å². The fourth-order valence-corrected chi connectivity index (χ4v) is 4.14. The smallest absolute Gasteiger partial charge is 0.230 e. The predicted octanol–water partition coefficient (Wildman–Crippen LogP) is 3.75. The van der Waals surface area contributed by atoms with Gasteiger partial charge in [0.1, 0.15) is 0 Å². The Hall–Kier alpha value is -2.44. The zero-order valence-electron chi connectivity index (χ0n) is 20.1. The first-order valence-electron chi connectivity index (χ1n) is 11.5. The van der Waals surface area contributed by atoms with Crippen molar-refractivity contribution in [1.82, 2.24) is 15.5 Å². The lowest BCUT2D eigenvalue weighted by molar-refractivity contribution is -0.138. The second-order valence-corrected chi connectivity index (χ2v) is 8.32. The number of carbonyl (C=O) groups excluding carboxylic acids is 1. The van der Waals surface area contributed by atoms with E-state index in [1.54, 1.807) is 4.90 Å². The van der Waals surface area contributed by atoms with E-state index in [0.29, 0.717) is 19.8 Å². The number of hydrogen-bond donors (Lipinski definition) is 2. The summed E-state index contributed by atoms with van der Waals surface area (Å²) in [6.45, 7) is 10.5. The van der Waals surface area contributed by atoms with Crippen molar-refractivity contribution >= 4 is 11.9 Å². The fraction of sp³-hybridized carbons (Fsp3) is 0.667. The van der Waals surface area contributed by atoms with Gasteiger partial charge < -0.3 is 25.0 Å². The molecule has 1 aromatic rings. The molecule has 0 aromatic heterocycles. The van der Waals surface area contributed by atoms with Gasteiger partial charge in [-0.3, -0.25) is 9.79 Å². The highest BCUT2D eigenvalue weighted by molar-refractivity contribution is 5.84. The Labute approximate surface area is 187 Å². The maximum absolute atomic E-state index is 12.9. The summed E-state index contributed by atoms with van der Waals surface area (Å²) in [5.74, 6) is 2.41. The molecule has 1 saturated carbocycles. The van der Waals surface area contributed by atoms with Gasteiger partial charge in [0.2, 0.25) is 5.91 Å². The SMILES string of the molecule is CCNC(=NCC1(C(=O)N(C)C)CCCC1)NC(C)c1ccc(OCC)c(OCC)c1. The third kappa shape index (κ3) is 6.52. The Morgan fingerprint density at radius 2 is 1.77 bits per heavy atom. The average molecular weight is 433 g/mol. The number of amides is 1. The Morgan fingerprint density at radius 1 is 1.13 bits per heavy atom. The standard InChI is InChI=1S/C24H40N4O3/c1-7-25-23(26-17-24(14-10-11-15-24)22(29)28(5)6)27-18(4)19-12-13-20(30-8-2)21(16-19)31-9-3/h12-13,16,18H,7-11,14-15,17H2,1-6H3,(H2,25,26,27). The van der Waals surface area contributed by atoms with Gasteiger partial charge in [0.05, 0.1) is 31.2 Å². The molecule has 0 radical (unpaired) electrons. The molecule has 1 aliphatic carbocycles. The first kappa shape index (κ1) is 24.8. The molecule has 1 aliphatic rings. The number of aliphatic imine (C=N–C) groups is 1. The average Bonchev–Trinajstić information content (AvgIpc) is 3.23. The summed E-state index contributed by atoms with van der Waals surface area (Å²) in [6, 6.07) is 6.03. The summed E-state index contributed by atoms with van der Waals surface area (Å²) >= 11 is 0. The van der Waals surface area contributed by atoms with Crippen LogP contribution in [0, 0.1) is 5.41 Å². The van der Waals surface area contributed by atoms with Crippen LogP contribution < -0.4 is 20.1 Å². The van der Waals surface area contributed by atoms with Crippen LogP contribution in [0.5, 0.6) is 11.5 Å². The minimum atomic E-state index is -0.379. The van der Waals surface area contributed by atoms with Gasteiger partial charge in [-0.2, -0.15) is 0 Å². The third-order valence-electron chi connectivity index (χ3n) is 5.73. The van der Waals surface area contributed by atoms with Crippen molar-refractivity contribution in [3.8, 4) is 11.5 Å². The molecule has 0 heterocycles. The zero-order chi connectivity index (χ0) is 22.9. The van der Waals surface area contributed by atoms with Crippen LogP contribution >= 0.6 is 0 Å². The van der Waals surface area contributed by atoms with Crippen LogP contribution in [-0.2, 0) is 4.79 Å². The van der Waals surface area contributed by atoms with Crippen molar-refractivity contribution in [2.75, 3.05) is 40.4 Å². The molecule has 1 aromatic carbocycles. The Bertz CT molecular complexity index is 742. The number of nitrogens with one attached hydrogen (secondary N) is 2. The Morgan fingerprint density at radius 3 is 2.35 bits per heavy atom. The highest BCUT2D eigenvalue weighted by atomic mass is 16.5. The van der Waals surface area contributed by atoms with Crippen LogP contribution in [0.1, 0.15) is 65.0 Å². The molecule has 1 atom stereocenters. The van der Waals surface area contributed by atoms with E-state index < -0.39 is 0 Å². The number of benzene rings is 1. The second kappa shape index (κ2) is 11.8. The van der Waals surface area contributed by atoms with Gasteiger partial charge in [0, 0.05) is 20.6 Å². The van der Waals surface area contributed by atoms with Crippen LogP contribution in [-0.4, -0.2) is 57.2 Å². The molecule has 0 saturated heterocycles. The normalized spacial score (nSPS) is 16.5. The highest BCUT2D eigenvalue weighted by Gasteiger charge is 2.42. The third-order valence-corrected chi connectivity index (χ3v) is 5.73. The second-order valence-electron chi connectivity index (χ2n) is 8.32. The van der Waals surface area contributed by atoms with Crippen molar-refractivity contribution in [2.24, 2.45) is 10.4 Å². The molecule has 0 bridgehead atoms. The lowest BCUT2D eigenvalue weighted by Crippen LogP contribution is -2.43. The van der Waals surface area contributed by atoms with E-state index in [9.17, 15) is 4.79 Å². The minimum Gasteiger partial charge on any atom is -0.490 e. The quantitative estimate of drug-likeness (QED) is 0.435. The van der Waals surface area contributed by atoms with Crippen molar-refractivity contribution < 1.29 is 14.3 Å². The molecule has 7 nitrogen and oxygen atoms in total. The number of carbonyl (C=O) groups is 1. The van der Waals surface area contributed by atoms with E-state index in [0.717, 1.165) is 55.3 Å². The number of rotatable bonds is 10. The minimum absolute atomic E-state index is 0.0109.